The normalized spacial score (nSPS) is 11.8. The van der Waals surface area contributed by atoms with E-state index in [1.807, 2.05) is 55.8 Å². The summed E-state index contributed by atoms with van der Waals surface area (Å²) in [4.78, 5) is 23.6. The molecule has 1 N–H and O–H groups in total. The Labute approximate surface area is 173 Å². The van der Waals surface area contributed by atoms with E-state index in [1.54, 1.807) is 12.1 Å². The number of nitrogens with zero attached hydrogens (tertiary/aromatic N) is 3. The number of rotatable bonds is 7. The SMILES string of the molecule is Cc1nn(-c2ccccc2)c(C)c1CNC(=O)[C@@H](C)Sc1ccc([N+](=O)[O-])cc1. The molecule has 8 heteroatoms. The molecule has 1 aromatic heterocycles. The number of hydrogen-bond donors (Lipinski definition) is 1. The van der Waals surface area contributed by atoms with Crippen molar-refractivity contribution in [2.45, 2.75) is 37.5 Å². The molecule has 1 heterocycles. The highest BCUT2D eigenvalue weighted by Gasteiger charge is 2.18. The molecule has 0 fully saturated rings. The summed E-state index contributed by atoms with van der Waals surface area (Å²) in [7, 11) is 0. The Morgan fingerprint density at radius 2 is 1.83 bits per heavy atom. The number of amides is 1. The van der Waals surface area contributed by atoms with E-state index in [1.165, 1.54) is 23.9 Å². The van der Waals surface area contributed by atoms with Gasteiger partial charge in [-0.1, -0.05) is 18.2 Å². The Hall–Kier alpha value is -3.13. The molecule has 0 saturated heterocycles. The average molecular weight is 410 g/mol. The summed E-state index contributed by atoms with van der Waals surface area (Å²) in [6, 6.07) is 16.1. The Morgan fingerprint density at radius 3 is 2.45 bits per heavy atom. The zero-order chi connectivity index (χ0) is 21.0. The zero-order valence-electron chi connectivity index (χ0n) is 16.5. The highest BCUT2D eigenvalue weighted by molar-refractivity contribution is 8.00. The van der Waals surface area contributed by atoms with Gasteiger partial charge in [0.25, 0.3) is 5.69 Å². The van der Waals surface area contributed by atoms with Crippen LogP contribution >= 0.6 is 11.8 Å². The molecule has 0 unspecified atom stereocenters. The first-order valence-corrected chi connectivity index (χ1v) is 10.0. The number of hydrogen-bond acceptors (Lipinski definition) is 5. The second-order valence-electron chi connectivity index (χ2n) is 6.63. The summed E-state index contributed by atoms with van der Waals surface area (Å²) in [6.07, 6.45) is 0. The van der Waals surface area contributed by atoms with Crippen molar-refractivity contribution in [2.75, 3.05) is 0 Å². The minimum atomic E-state index is -0.440. The number of thioether (sulfide) groups is 1. The smallest absolute Gasteiger partial charge is 0.269 e. The number of benzene rings is 2. The van der Waals surface area contributed by atoms with Crippen molar-refractivity contribution in [1.82, 2.24) is 15.1 Å². The van der Waals surface area contributed by atoms with Gasteiger partial charge in [0, 0.05) is 34.8 Å². The van der Waals surface area contributed by atoms with E-state index in [-0.39, 0.29) is 16.8 Å². The fourth-order valence-electron chi connectivity index (χ4n) is 2.97. The monoisotopic (exact) mass is 410 g/mol. The van der Waals surface area contributed by atoms with Crippen molar-refractivity contribution in [2.24, 2.45) is 0 Å². The molecule has 0 aliphatic carbocycles. The molecular weight excluding hydrogens is 388 g/mol. The second-order valence-corrected chi connectivity index (χ2v) is 8.04. The first-order chi connectivity index (χ1) is 13.9. The third kappa shape index (κ3) is 4.83. The van der Waals surface area contributed by atoms with Crippen molar-refractivity contribution < 1.29 is 9.72 Å². The third-order valence-corrected chi connectivity index (χ3v) is 5.72. The first kappa shape index (κ1) is 20.6. The fraction of sp³-hybridized carbons (Fsp3) is 0.238. The molecule has 0 saturated carbocycles. The van der Waals surface area contributed by atoms with Gasteiger partial charge in [-0.25, -0.2) is 4.68 Å². The molecule has 0 bridgehead atoms. The van der Waals surface area contributed by atoms with Crippen LogP contribution in [0.15, 0.2) is 59.5 Å². The van der Waals surface area contributed by atoms with Gasteiger partial charge in [0.05, 0.1) is 21.6 Å². The number of nitro groups is 1. The molecule has 150 valence electrons. The number of aromatic nitrogens is 2. The quantitative estimate of drug-likeness (QED) is 0.358. The molecular formula is C21H22N4O3S. The molecule has 2 aromatic carbocycles. The van der Waals surface area contributed by atoms with Crippen molar-refractivity contribution in [3.8, 4) is 5.69 Å². The number of carbonyl (C=O) groups is 1. The lowest BCUT2D eigenvalue weighted by atomic mass is 10.2. The standard InChI is InChI=1S/C21H22N4O3S/c1-14-20(15(2)24(23-14)17-7-5-4-6-8-17)13-22-21(26)16(3)29-19-11-9-18(10-12-19)25(27)28/h4-12,16H,13H2,1-3H3,(H,22,26)/t16-/m1/s1. The lowest BCUT2D eigenvalue weighted by molar-refractivity contribution is -0.384. The van der Waals surface area contributed by atoms with E-state index in [4.69, 9.17) is 0 Å². The van der Waals surface area contributed by atoms with Crippen LogP contribution in [0.3, 0.4) is 0 Å². The van der Waals surface area contributed by atoms with Crippen LogP contribution in [0.25, 0.3) is 5.69 Å². The predicted molar refractivity (Wildman–Crippen MR) is 113 cm³/mol. The Kier molecular flexibility index (Phi) is 6.33. The minimum absolute atomic E-state index is 0.0350. The maximum atomic E-state index is 12.5. The van der Waals surface area contributed by atoms with Gasteiger partial charge in [-0.3, -0.25) is 14.9 Å². The average Bonchev–Trinajstić information content (AvgIpc) is 3.00. The highest BCUT2D eigenvalue weighted by atomic mass is 32.2. The number of nitro benzene ring substituents is 1. The second kappa shape index (κ2) is 8.91. The Balaban J connectivity index is 1.63. The summed E-state index contributed by atoms with van der Waals surface area (Å²) < 4.78 is 1.88. The molecule has 7 nitrogen and oxygen atoms in total. The number of aryl methyl sites for hydroxylation is 1. The minimum Gasteiger partial charge on any atom is -0.351 e. The lowest BCUT2D eigenvalue weighted by Crippen LogP contribution is -2.30. The first-order valence-electron chi connectivity index (χ1n) is 9.16. The van der Waals surface area contributed by atoms with Crippen LogP contribution in [-0.4, -0.2) is 25.9 Å². The Morgan fingerprint density at radius 1 is 1.17 bits per heavy atom. The van der Waals surface area contributed by atoms with Gasteiger partial charge in [0.1, 0.15) is 0 Å². The van der Waals surface area contributed by atoms with Crippen LogP contribution in [0, 0.1) is 24.0 Å². The summed E-state index contributed by atoms with van der Waals surface area (Å²) in [6.45, 7) is 6.13. The number of para-hydroxylation sites is 1. The van der Waals surface area contributed by atoms with Crippen LogP contribution in [0.5, 0.6) is 0 Å². The molecule has 29 heavy (non-hydrogen) atoms. The molecule has 0 spiro atoms. The molecule has 0 aliphatic heterocycles. The number of carbonyl (C=O) groups excluding carboxylic acids is 1. The molecule has 1 atom stereocenters. The van der Waals surface area contributed by atoms with Gasteiger partial charge < -0.3 is 5.32 Å². The van der Waals surface area contributed by atoms with Gasteiger partial charge in [-0.15, -0.1) is 11.8 Å². The molecule has 3 rings (SSSR count). The van der Waals surface area contributed by atoms with Crippen LogP contribution in [-0.2, 0) is 11.3 Å². The third-order valence-electron chi connectivity index (χ3n) is 4.61. The van der Waals surface area contributed by atoms with Crippen LogP contribution < -0.4 is 5.32 Å². The Bertz CT molecular complexity index is 1020. The van der Waals surface area contributed by atoms with Gasteiger partial charge >= 0.3 is 0 Å². The summed E-state index contributed by atoms with van der Waals surface area (Å²) in [5, 5.41) is 18.0. The largest absolute Gasteiger partial charge is 0.351 e. The van der Waals surface area contributed by atoms with E-state index in [2.05, 4.69) is 10.4 Å². The highest BCUT2D eigenvalue weighted by Crippen LogP contribution is 2.25. The number of non-ortho nitro benzene ring substituents is 1. The van der Waals surface area contributed by atoms with Gasteiger partial charge in [0.2, 0.25) is 5.91 Å². The van der Waals surface area contributed by atoms with Crippen LogP contribution in [0.2, 0.25) is 0 Å². The topological polar surface area (TPSA) is 90.1 Å². The van der Waals surface area contributed by atoms with Gasteiger partial charge in [0.15, 0.2) is 0 Å². The van der Waals surface area contributed by atoms with E-state index in [0.29, 0.717) is 6.54 Å². The maximum Gasteiger partial charge on any atom is 0.269 e. The summed E-state index contributed by atoms with van der Waals surface area (Å²) in [5.74, 6) is -0.0976. The summed E-state index contributed by atoms with van der Waals surface area (Å²) in [5.41, 5.74) is 3.88. The molecule has 0 radical (unpaired) electrons. The van der Waals surface area contributed by atoms with Crippen LogP contribution in [0.1, 0.15) is 23.9 Å². The zero-order valence-corrected chi connectivity index (χ0v) is 17.3. The molecule has 0 aliphatic rings. The fourth-order valence-corrected chi connectivity index (χ4v) is 3.87. The van der Waals surface area contributed by atoms with Crippen molar-refractivity contribution in [3.05, 3.63) is 81.7 Å². The lowest BCUT2D eigenvalue weighted by Gasteiger charge is -2.12. The van der Waals surface area contributed by atoms with Gasteiger partial charge in [-0.05, 0) is 45.0 Å². The van der Waals surface area contributed by atoms with Gasteiger partial charge in [-0.2, -0.15) is 5.10 Å². The number of nitrogens with one attached hydrogen (secondary N) is 1. The van der Waals surface area contributed by atoms with Crippen LogP contribution in [0.4, 0.5) is 5.69 Å². The van der Waals surface area contributed by atoms with Crippen molar-refractivity contribution in [1.29, 1.82) is 0 Å². The predicted octanol–water partition coefficient (Wildman–Crippen LogP) is 4.19. The molecule has 1 amide bonds. The van der Waals surface area contributed by atoms with Crippen molar-refractivity contribution >= 4 is 23.4 Å². The van der Waals surface area contributed by atoms with E-state index >= 15 is 0 Å². The molecule has 3 aromatic rings. The van der Waals surface area contributed by atoms with Crippen molar-refractivity contribution in [3.63, 3.8) is 0 Å². The maximum absolute atomic E-state index is 12.5. The van der Waals surface area contributed by atoms with E-state index in [0.717, 1.165) is 27.5 Å². The van der Waals surface area contributed by atoms with E-state index < -0.39 is 4.92 Å². The summed E-state index contributed by atoms with van der Waals surface area (Å²) >= 11 is 1.36. The van der Waals surface area contributed by atoms with E-state index in [9.17, 15) is 14.9 Å².